The Bertz CT molecular complexity index is 344. The first-order valence-electron chi connectivity index (χ1n) is 7.01. The SMILES string of the molecule is CCc1ccc(C(O)C2CCCC(CC)C2)s1. The Morgan fingerprint density at radius 2 is 2.18 bits per heavy atom. The van der Waals surface area contributed by atoms with Crippen molar-refractivity contribution < 1.29 is 5.11 Å². The minimum atomic E-state index is -0.213. The van der Waals surface area contributed by atoms with Crippen molar-refractivity contribution in [2.45, 2.75) is 58.5 Å². The van der Waals surface area contributed by atoms with Crippen LogP contribution in [-0.2, 0) is 6.42 Å². The maximum Gasteiger partial charge on any atom is 0.0910 e. The summed E-state index contributed by atoms with van der Waals surface area (Å²) >= 11 is 1.79. The van der Waals surface area contributed by atoms with Crippen LogP contribution in [0.1, 0.15) is 61.8 Å². The Morgan fingerprint density at radius 1 is 1.35 bits per heavy atom. The second-order valence-corrected chi connectivity index (χ2v) is 6.50. The first-order valence-corrected chi connectivity index (χ1v) is 7.82. The van der Waals surface area contributed by atoms with Crippen molar-refractivity contribution in [3.8, 4) is 0 Å². The molecule has 1 N–H and O–H groups in total. The van der Waals surface area contributed by atoms with E-state index in [4.69, 9.17) is 0 Å². The Labute approximate surface area is 109 Å². The van der Waals surface area contributed by atoms with Crippen LogP contribution >= 0.6 is 11.3 Å². The highest BCUT2D eigenvalue weighted by atomic mass is 32.1. The van der Waals surface area contributed by atoms with Crippen LogP contribution in [0.25, 0.3) is 0 Å². The van der Waals surface area contributed by atoms with Gasteiger partial charge in [-0.05, 0) is 43.2 Å². The van der Waals surface area contributed by atoms with Crippen molar-refractivity contribution in [3.63, 3.8) is 0 Å². The molecule has 1 nitrogen and oxygen atoms in total. The molecular weight excluding hydrogens is 228 g/mol. The third-order valence-corrected chi connectivity index (χ3v) is 5.47. The summed E-state index contributed by atoms with van der Waals surface area (Å²) in [6.45, 7) is 4.45. The molecule has 1 aliphatic rings. The van der Waals surface area contributed by atoms with Gasteiger partial charge in [0.1, 0.15) is 0 Å². The maximum atomic E-state index is 10.5. The summed E-state index contributed by atoms with van der Waals surface area (Å²) in [5.74, 6) is 1.34. The molecule has 1 heterocycles. The minimum Gasteiger partial charge on any atom is -0.387 e. The zero-order chi connectivity index (χ0) is 12.3. The van der Waals surface area contributed by atoms with E-state index in [2.05, 4.69) is 26.0 Å². The van der Waals surface area contributed by atoms with E-state index in [9.17, 15) is 5.11 Å². The smallest absolute Gasteiger partial charge is 0.0910 e. The highest BCUT2D eigenvalue weighted by molar-refractivity contribution is 7.12. The first-order chi connectivity index (χ1) is 8.24. The number of rotatable bonds is 4. The summed E-state index contributed by atoms with van der Waals surface area (Å²) < 4.78 is 0. The van der Waals surface area contributed by atoms with Crippen molar-refractivity contribution in [1.82, 2.24) is 0 Å². The molecule has 96 valence electrons. The van der Waals surface area contributed by atoms with Crippen molar-refractivity contribution >= 4 is 11.3 Å². The molecule has 1 saturated carbocycles. The van der Waals surface area contributed by atoms with Crippen molar-refractivity contribution in [2.24, 2.45) is 11.8 Å². The zero-order valence-electron chi connectivity index (χ0n) is 11.0. The molecule has 0 spiro atoms. The molecule has 0 saturated heterocycles. The molecule has 0 amide bonds. The van der Waals surface area contributed by atoms with Gasteiger partial charge >= 0.3 is 0 Å². The number of thiophene rings is 1. The third kappa shape index (κ3) is 3.11. The summed E-state index contributed by atoms with van der Waals surface area (Å²) in [7, 11) is 0. The van der Waals surface area contributed by atoms with Gasteiger partial charge in [-0.2, -0.15) is 0 Å². The van der Waals surface area contributed by atoms with Crippen LogP contribution in [0.2, 0.25) is 0 Å². The molecule has 1 fully saturated rings. The van der Waals surface area contributed by atoms with Crippen LogP contribution < -0.4 is 0 Å². The monoisotopic (exact) mass is 252 g/mol. The van der Waals surface area contributed by atoms with Gasteiger partial charge in [0.2, 0.25) is 0 Å². The molecule has 2 rings (SSSR count). The summed E-state index contributed by atoms with van der Waals surface area (Å²) in [6.07, 6.45) is 7.23. The third-order valence-electron chi connectivity index (χ3n) is 4.17. The summed E-state index contributed by atoms with van der Waals surface area (Å²) in [5.41, 5.74) is 0. The lowest BCUT2D eigenvalue weighted by atomic mass is 9.77. The predicted octanol–water partition coefficient (Wildman–Crippen LogP) is 4.56. The van der Waals surface area contributed by atoms with Crippen LogP contribution in [0.4, 0.5) is 0 Å². The van der Waals surface area contributed by atoms with Gasteiger partial charge in [0.25, 0.3) is 0 Å². The van der Waals surface area contributed by atoms with Crippen molar-refractivity contribution in [2.75, 3.05) is 0 Å². The van der Waals surface area contributed by atoms with E-state index in [-0.39, 0.29) is 6.10 Å². The Morgan fingerprint density at radius 3 is 2.82 bits per heavy atom. The summed E-state index contributed by atoms with van der Waals surface area (Å²) in [6, 6.07) is 4.30. The number of hydrogen-bond acceptors (Lipinski definition) is 2. The van der Waals surface area contributed by atoms with Gasteiger partial charge in [0.15, 0.2) is 0 Å². The largest absolute Gasteiger partial charge is 0.387 e. The molecule has 0 radical (unpaired) electrons. The molecule has 3 atom stereocenters. The Hall–Kier alpha value is -0.340. The molecule has 1 aromatic rings. The standard InChI is InChI=1S/C15H24OS/c1-3-11-6-5-7-12(10-11)15(16)14-9-8-13(4-2)17-14/h8-9,11-12,15-16H,3-7,10H2,1-2H3. The second-order valence-electron chi connectivity index (χ2n) is 5.30. The fraction of sp³-hybridized carbons (Fsp3) is 0.733. The fourth-order valence-corrected chi connectivity index (χ4v) is 4.00. The van der Waals surface area contributed by atoms with E-state index in [1.165, 1.54) is 41.9 Å². The Balaban J connectivity index is 2.00. The molecular formula is C15H24OS. The van der Waals surface area contributed by atoms with E-state index >= 15 is 0 Å². The summed E-state index contributed by atoms with van der Waals surface area (Å²) in [5, 5.41) is 10.5. The van der Waals surface area contributed by atoms with Crippen LogP contribution in [0, 0.1) is 11.8 Å². The highest BCUT2D eigenvalue weighted by Crippen LogP contribution is 2.40. The molecule has 0 aromatic carbocycles. The average Bonchev–Trinajstić information content (AvgIpc) is 2.86. The van der Waals surface area contributed by atoms with Gasteiger partial charge in [0, 0.05) is 9.75 Å². The normalized spacial score (nSPS) is 27.0. The minimum absolute atomic E-state index is 0.213. The van der Waals surface area contributed by atoms with Gasteiger partial charge in [-0.1, -0.05) is 33.1 Å². The van der Waals surface area contributed by atoms with Gasteiger partial charge in [0.05, 0.1) is 6.10 Å². The van der Waals surface area contributed by atoms with E-state index < -0.39 is 0 Å². The lowest BCUT2D eigenvalue weighted by molar-refractivity contribution is 0.0705. The van der Waals surface area contributed by atoms with E-state index in [0.717, 1.165) is 12.3 Å². The zero-order valence-corrected chi connectivity index (χ0v) is 11.8. The van der Waals surface area contributed by atoms with Crippen LogP contribution in [0.15, 0.2) is 12.1 Å². The molecule has 2 heteroatoms. The van der Waals surface area contributed by atoms with Crippen LogP contribution in [-0.4, -0.2) is 5.11 Å². The maximum absolute atomic E-state index is 10.5. The Kier molecular flexibility index (Phi) is 4.63. The molecule has 0 aliphatic heterocycles. The molecule has 1 aliphatic carbocycles. The molecule has 17 heavy (non-hydrogen) atoms. The lowest BCUT2D eigenvalue weighted by Gasteiger charge is -2.31. The quantitative estimate of drug-likeness (QED) is 0.833. The van der Waals surface area contributed by atoms with E-state index in [1.54, 1.807) is 11.3 Å². The van der Waals surface area contributed by atoms with E-state index in [1.807, 2.05) is 0 Å². The lowest BCUT2D eigenvalue weighted by Crippen LogP contribution is -2.20. The van der Waals surface area contributed by atoms with Gasteiger partial charge in [-0.25, -0.2) is 0 Å². The van der Waals surface area contributed by atoms with E-state index in [0.29, 0.717) is 5.92 Å². The first kappa shape index (κ1) is 13.1. The van der Waals surface area contributed by atoms with Crippen LogP contribution in [0.5, 0.6) is 0 Å². The van der Waals surface area contributed by atoms with Crippen molar-refractivity contribution in [3.05, 3.63) is 21.9 Å². The van der Waals surface area contributed by atoms with Gasteiger partial charge in [-0.15, -0.1) is 11.3 Å². The van der Waals surface area contributed by atoms with Crippen LogP contribution in [0.3, 0.4) is 0 Å². The molecule has 0 bridgehead atoms. The number of aliphatic hydroxyl groups excluding tert-OH is 1. The summed E-state index contributed by atoms with van der Waals surface area (Å²) in [4.78, 5) is 2.57. The number of aryl methyl sites for hydroxylation is 1. The van der Waals surface area contributed by atoms with Gasteiger partial charge in [-0.3, -0.25) is 0 Å². The average molecular weight is 252 g/mol. The second kappa shape index (κ2) is 6.01. The van der Waals surface area contributed by atoms with Gasteiger partial charge < -0.3 is 5.11 Å². The molecule has 3 unspecified atom stereocenters. The topological polar surface area (TPSA) is 20.2 Å². The molecule has 1 aromatic heterocycles. The fourth-order valence-electron chi connectivity index (χ4n) is 2.97. The number of aliphatic hydroxyl groups is 1. The van der Waals surface area contributed by atoms with Crippen molar-refractivity contribution in [1.29, 1.82) is 0 Å². The predicted molar refractivity (Wildman–Crippen MR) is 74.4 cm³/mol. The number of hydrogen-bond donors (Lipinski definition) is 1. The highest BCUT2D eigenvalue weighted by Gasteiger charge is 2.28.